The summed E-state index contributed by atoms with van der Waals surface area (Å²) in [6, 6.07) is -0.178. The van der Waals surface area contributed by atoms with Gasteiger partial charge in [0.2, 0.25) is 5.91 Å². The van der Waals surface area contributed by atoms with E-state index in [0.29, 0.717) is 15.4 Å². The van der Waals surface area contributed by atoms with Gasteiger partial charge in [0, 0.05) is 5.75 Å². The first-order chi connectivity index (χ1) is 9.65. The predicted octanol–water partition coefficient (Wildman–Crippen LogP) is 0.568. The van der Waals surface area contributed by atoms with Gasteiger partial charge in [-0.3, -0.25) is 9.69 Å². The lowest BCUT2D eigenvalue weighted by Crippen LogP contribution is -2.70. The van der Waals surface area contributed by atoms with Crippen molar-refractivity contribution >= 4 is 43.1 Å². The van der Waals surface area contributed by atoms with Crippen LogP contribution in [0.4, 0.5) is 0 Å². The molecule has 0 aliphatic carbocycles. The first-order valence-corrected chi connectivity index (χ1v) is 10.2. The van der Waals surface area contributed by atoms with Crippen LogP contribution in [0.5, 0.6) is 0 Å². The summed E-state index contributed by atoms with van der Waals surface area (Å²) in [5.41, 5.74) is 1.28. The zero-order chi connectivity index (χ0) is 14.7. The molecule has 20 heavy (non-hydrogen) atoms. The van der Waals surface area contributed by atoms with Crippen molar-refractivity contribution in [2.24, 2.45) is 0 Å². The van der Waals surface area contributed by atoms with Crippen molar-refractivity contribution in [1.29, 1.82) is 0 Å². The van der Waals surface area contributed by atoms with E-state index in [1.807, 2.05) is 25.6 Å². The Morgan fingerprint density at radius 1 is 1.55 bits per heavy atom. The molecule has 106 valence electrons. The summed E-state index contributed by atoms with van der Waals surface area (Å²) in [5.74, 6) is 0.293. The molecule has 1 amide bonds. The zero-order valence-corrected chi connectivity index (χ0v) is 14.4. The second-order valence-corrected chi connectivity index (χ2v) is 6.76. The van der Waals surface area contributed by atoms with Crippen LogP contribution in [0.2, 0.25) is 13.1 Å². The minimum atomic E-state index is -0.394. The number of thioether (sulfide) groups is 1. The van der Waals surface area contributed by atoms with Crippen LogP contribution >= 0.6 is 11.8 Å². The molecule has 0 aromatic heterocycles. The van der Waals surface area contributed by atoms with Crippen LogP contribution in [0, 0.1) is 0 Å². The Hall–Kier alpha value is -0.836. The van der Waals surface area contributed by atoms with E-state index in [4.69, 9.17) is 4.43 Å². The van der Waals surface area contributed by atoms with Gasteiger partial charge in [0.25, 0.3) is 0 Å². The van der Waals surface area contributed by atoms with Crippen LogP contribution in [0.25, 0.3) is 0 Å². The molecule has 2 heterocycles. The number of carbonyl (C=O) groups is 2. The zero-order valence-electron chi connectivity index (χ0n) is 11.6. The minimum Gasteiger partial charge on any atom is -0.512 e. The third-order valence-electron chi connectivity index (χ3n) is 3.05. The number of hydrogen-bond donors (Lipinski definition) is 1. The molecular formula is C12H16N2O3SSi2. The first kappa shape index (κ1) is 15.6. The fourth-order valence-electron chi connectivity index (χ4n) is 2.26. The van der Waals surface area contributed by atoms with E-state index in [2.05, 4.69) is 4.98 Å². The Kier molecular flexibility index (Phi) is 5.25. The van der Waals surface area contributed by atoms with Gasteiger partial charge in [0.15, 0.2) is 0 Å². The number of hydrogen-bond acceptors (Lipinski definition) is 5. The highest BCUT2D eigenvalue weighted by molar-refractivity contribution is 8.00. The van der Waals surface area contributed by atoms with Gasteiger partial charge < -0.3 is 9.41 Å². The normalized spacial score (nSPS) is 25.8. The molecule has 1 fully saturated rings. The molecule has 0 saturated carbocycles. The number of nitrogens with one attached hydrogen (secondary N) is 1. The van der Waals surface area contributed by atoms with E-state index < -0.39 is 5.97 Å². The molecule has 2 aliphatic heterocycles. The van der Waals surface area contributed by atoms with Crippen LogP contribution in [-0.4, -0.2) is 53.4 Å². The van der Waals surface area contributed by atoms with Gasteiger partial charge in [-0.05, 0) is 19.0 Å². The maximum absolute atomic E-state index is 12.2. The molecule has 1 saturated heterocycles. The lowest BCUT2D eigenvalue weighted by atomic mass is 10.0. The van der Waals surface area contributed by atoms with E-state index in [-0.39, 0.29) is 27.1 Å². The molecule has 4 radical (unpaired) electrons. The monoisotopic (exact) mass is 324 g/mol. The van der Waals surface area contributed by atoms with E-state index >= 15 is 0 Å². The van der Waals surface area contributed by atoms with Gasteiger partial charge >= 0.3 is 15.7 Å². The van der Waals surface area contributed by atoms with Crippen LogP contribution in [-0.2, 0) is 14.0 Å². The standard InChI is InChI=1S/C12H16N2O3SSi2/c1-4-5-7-6-18-11-8(13-19-2)10(15)14(11)9(7)12(16)17-20-3/h4-5,8,11,13H,6H2,1-3H3/b5-4-. The quantitative estimate of drug-likeness (QED) is 0.592. The topological polar surface area (TPSA) is 58.6 Å². The molecule has 0 aromatic carbocycles. The van der Waals surface area contributed by atoms with Gasteiger partial charge in [0.05, 0.1) is 0 Å². The van der Waals surface area contributed by atoms with Crippen LogP contribution in [0.3, 0.4) is 0 Å². The summed E-state index contributed by atoms with van der Waals surface area (Å²) in [7, 11) is 0.592. The SMILES string of the molecule is C/C=C\C1=C(C(=O)O[Si]C)N2C(=O)C(N[Si]C)C2SC1. The first-order valence-electron chi connectivity index (χ1n) is 6.26. The van der Waals surface area contributed by atoms with Crippen molar-refractivity contribution in [1.82, 2.24) is 9.88 Å². The van der Waals surface area contributed by atoms with E-state index in [1.54, 1.807) is 23.2 Å². The van der Waals surface area contributed by atoms with Crippen molar-refractivity contribution in [2.45, 2.75) is 31.4 Å². The second-order valence-electron chi connectivity index (χ2n) is 4.25. The fraction of sp³-hybridized carbons (Fsp3) is 0.500. The highest BCUT2D eigenvalue weighted by Crippen LogP contribution is 2.40. The van der Waals surface area contributed by atoms with Crippen molar-refractivity contribution in [3.8, 4) is 0 Å². The molecule has 2 unspecified atom stereocenters. The molecule has 1 N–H and O–H groups in total. The largest absolute Gasteiger partial charge is 0.512 e. The van der Waals surface area contributed by atoms with Gasteiger partial charge in [-0.2, -0.15) is 0 Å². The van der Waals surface area contributed by atoms with E-state index in [9.17, 15) is 9.59 Å². The lowest BCUT2D eigenvalue weighted by molar-refractivity contribution is -0.147. The van der Waals surface area contributed by atoms with Crippen molar-refractivity contribution < 1.29 is 14.0 Å². The molecule has 0 bridgehead atoms. The fourth-order valence-corrected chi connectivity index (χ4v) is 4.57. The van der Waals surface area contributed by atoms with Gasteiger partial charge in [-0.25, -0.2) is 4.79 Å². The summed E-state index contributed by atoms with van der Waals surface area (Å²) < 4.78 is 5.13. The molecule has 8 heteroatoms. The van der Waals surface area contributed by atoms with E-state index in [0.717, 1.165) is 11.3 Å². The highest BCUT2D eigenvalue weighted by atomic mass is 32.2. The van der Waals surface area contributed by atoms with Crippen molar-refractivity contribution in [3.63, 3.8) is 0 Å². The summed E-state index contributed by atoms with van der Waals surface area (Å²) in [6.07, 6.45) is 3.76. The highest BCUT2D eigenvalue weighted by Gasteiger charge is 2.52. The van der Waals surface area contributed by atoms with Gasteiger partial charge in [0.1, 0.15) is 26.8 Å². The number of β-lactam (4-membered cyclic amide) rings is 1. The number of amides is 1. The lowest BCUT2D eigenvalue weighted by Gasteiger charge is -2.49. The van der Waals surface area contributed by atoms with E-state index in [1.165, 1.54) is 0 Å². The molecule has 0 spiro atoms. The molecule has 2 aliphatic rings. The number of rotatable bonds is 5. The Morgan fingerprint density at radius 2 is 2.30 bits per heavy atom. The summed E-state index contributed by atoms with van der Waals surface area (Å²) >= 11 is 1.68. The Balaban J connectivity index is 2.30. The minimum absolute atomic E-state index is 0.00620. The van der Waals surface area contributed by atoms with Crippen LogP contribution in [0.15, 0.2) is 23.4 Å². The summed E-state index contributed by atoms with van der Waals surface area (Å²) in [4.78, 5) is 29.2. The number of fused-ring (bicyclic) bond motifs is 1. The number of carbonyl (C=O) groups excluding carboxylic acids is 2. The molecule has 2 rings (SSSR count). The maximum Gasteiger partial charge on any atom is 0.342 e. The van der Waals surface area contributed by atoms with Crippen molar-refractivity contribution in [2.75, 3.05) is 5.75 Å². The van der Waals surface area contributed by atoms with Crippen LogP contribution < -0.4 is 4.98 Å². The number of allylic oxidation sites excluding steroid dienone is 2. The number of nitrogens with zero attached hydrogens (tertiary/aromatic N) is 1. The predicted molar refractivity (Wildman–Crippen MR) is 81.2 cm³/mol. The smallest absolute Gasteiger partial charge is 0.342 e. The maximum atomic E-state index is 12.2. The average molecular weight is 325 g/mol. The molecule has 2 atom stereocenters. The summed E-state index contributed by atoms with van der Waals surface area (Å²) in [5, 5.41) is 0.00620. The second kappa shape index (κ2) is 6.75. The Morgan fingerprint density at radius 3 is 2.90 bits per heavy atom. The van der Waals surface area contributed by atoms with Gasteiger partial charge in [-0.15, -0.1) is 11.8 Å². The molecular weight excluding hydrogens is 308 g/mol. The van der Waals surface area contributed by atoms with Crippen LogP contribution in [0.1, 0.15) is 6.92 Å². The molecule has 5 nitrogen and oxygen atoms in total. The van der Waals surface area contributed by atoms with Gasteiger partial charge in [-0.1, -0.05) is 18.7 Å². The third kappa shape index (κ3) is 2.65. The Bertz CT molecular complexity index is 481. The summed E-state index contributed by atoms with van der Waals surface area (Å²) in [6.45, 7) is 5.69. The average Bonchev–Trinajstić information content (AvgIpc) is 2.44. The Labute approximate surface area is 128 Å². The van der Waals surface area contributed by atoms with Crippen molar-refractivity contribution in [3.05, 3.63) is 23.4 Å². The molecule has 0 aromatic rings. The third-order valence-corrected chi connectivity index (χ3v) is 5.34.